The molecule has 2 aromatic rings. The lowest BCUT2D eigenvalue weighted by molar-refractivity contribution is 0.0788. The summed E-state index contributed by atoms with van der Waals surface area (Å²) in [7, 11) is 0. The number of Topliss-reactive ketones (excluding diaryl/α,β-unsaturated/α-hetero) is 1. The van der Waals surface area contributed by atoms with Crippen LogP contribution in [-0.4, -0.2) is 41.5 Å². The molecule has 0 unspecified atom stereocenters. The molecule has 1 aromatic carbocycles. The number of fused-ring (bicyclic) bond motifs is 1. The van der Waals surface area contributed by atoms with Gasteiger partial charge < -0.3 is 9.52 Å². The number of rotatable bonds is 7. The van der Waals surface area contributed by atoms with Crippen LogP contribution in [0, 0.1) is 0 Å². The Balaban J connectivity index is 1.74. The van der Waals surface area contributed by atoms with Gasteiger partial charge in [0.2, 0.25) is 0 Å². The molecule has 1 N–H and O–H groups in total. The van der Waals surface area contributed by atoms with Gasteiger partial charge in [0.25, 0.3) is 0 Å². The normalized spacial score (nSPS) is 15.5. The highest BCUT2D eigenvalue weighted by atomic mass is 16.3. The molecule has 0 bridgehead atoms. The number of nitrogens with zero attached hydrogens (tertiary/aromatic N) is 1. The fourth-order valence-electron chi connectivity index (χ4n) is 2.88. The van der Waals surface area contributed by atoms with Crippen molar-refractivity contribution >= 4 is 16.8 Å². The predicted octanol–water partition coefficient (Wildman–Crippen LogP) is 2.85. The first-order valence-electron chi connectivity index (χ1n) is 7.64. The second kappa shape index (κ2) is 6.41. The van der Waals surface area contributed by atoms with Gasteiger partial charge in [-0.15, -0.1) is 0 Å². The van der Waals surface area contributed by atoms with Crippen molar-refractivity contribution in [3.8, 4) is 0 Å². The van der Waals surface area contributed by atoms with E-state index < -0.39 is 0 Å². The number of furan rings is 1. The Morgan fingerprint density at radius 1 is 1.33 bits per heavy atom. The number of aliphatic hydroxyl groups is 1. The van der Waals surface area contributed by atoms with Gasteiger partial charge in [0.1, 0.15) is 11.8 Å². The predicted molar refractivity (Wildman–Crippen MR) is 81.5 cm³/mol. The third kappa shape index (κ3) is 3.01. The van der Waals surface area contributed by atoms with Crippen LogP contribution < -0.4 is 0 Å². The minimum absolute atomic E-state index is 0.102. The highest BCUT2D eigenvalue weighted by Crippen LogP contribution is 2.26. The topological polar surface area (TPSA) is 53.7 Å². The largest absolute Gasteiger partial charge is 0.464 e. The summed E-state index contributed by atoms with van der Waals surface area (Å²) in [6.07, 6.45) is 5.84. The van der Waals surface area contributed by atoms with Crippen LogP contribution in [0.1, 0.15) is 36.0 Å². The molecular formula is C17H21NO3. The van der Waals surface area contributed by atoms with Gasteiger partial charge in [-0.05, 0) is 25.3 Å². The molecule has 4 nitrogen and oxygen atoms in total. The second-order valence-corrected chi connectivity index (χ2v) is 5.70. The Kier molecular flexibility index (Phi) is 4.36. The summed E-state index contributed by atoms with van der Waals surface area (Å²) in [6, 6.07) is 8.12. The lowest BCUT2D eigenvalue weighted by atomic mass is 9.91. The molecule has 1 heterocycles. The van der Waals surface area contributed by atoms with Crippen LogP contribution >= 0.6 is 0 Å². The monoisotopic (exact) mass is 287 g/mol. The number of ketones is 1. The number of benzene rings is 1. The van der Waals surface area contributed by atoms with Crippen LogP contribution in [0.25, 0.3) is 11.0 Å². The average Bonchev–Trinajstić information content (AvgIpc) is 2.86. The molecule has 0 amide bonds. The highest BCUT2D eigenvalue weighted by molar-refractivity contribution is 6.08. The quantitative estimate of drug-likeness (QED) is 0.796. The first kappa shape index (κ1) is 14.3. The van der Waals surface area contributed by atoms with Crippen molar-refractivity contribution in [2.45, 2.75) is 31.7 Å². The molecule has 0 saturated heterocycles. The van der Waals surface area contributed by atoms with Crippen molar-refractivity contribution in [3.63, 3.8) is 0 Å². The molecule has 21 heavy (non-hydrogen) atoms. The van der Waals surface area contributed by atoms with Crippen LogP contribution in [0.5, 0.6) is 0 Å². The van der Waals surface area contributed by atoms with E-state index in [-0.39, 0.29) is 12.4 Å². The Labute approximate surface area is 124 Å². The van der Waals surface area contributed by atoms with Crippen molar-refractivity contribution in [1.82, 2.24) is 4.90 Å². The zero-order chi connectivity index (χ0) is 14.7. The summed E-state index contributed by atoms with van der Waals surface area (Å²) in [5.41, 5.74) is 1.42. The molecule has 1 aliphatic carbocycles. The number of para-hydroxylation sites is 1. The Morgan fingerprint density at radius 3 is 2.86 bits per heavy atom. The van der Waals surface area contributed by atoms with Gasteiger partial charge in [0.05, 0.1) is 12.1 Å². The maximum absolute atomic E-state index is 12.6. The number of hydrogen-bond acceptors (Lipinski definition) is 4. The van der Waals surface area contributed by atoms with E-state index in [1.165, 1.54) is 6.42 Å². The van der Waals surface area contributed by atoms with Gasteiger partial charge >= 0.3 is 0 Å². The standard InChI is InChI=1S/C17H21NO3/c19-10-4-9-18(13-5-3-6-13)11-16(20)15-12-21-17-8-2-1-7-14(15)17/h1-2,7-8,12-13,19H,3-6,9-11H2. The van der Waals surface area contributed by atoms with Crippen LogP contribution in [0.3, 0.4) is 0 Å². The summed E-state index contributed by atoms with van der Waals surface area (Å²) in [6.45, 7) is 1.36. The Hall–Kier alpha value is -1.65. The van der Waals surface area contributed by atoms with Gasteiger partial charge in [-0.2, -0.15) is 0 Å². The van der Waals surface area contributed by atoms with Crippen molar-refractivity contribution in [3.05, 3.63) is 36.1 Å². The zero-order valence-corrected chi connectivity index (χ0v) is 12.1. The van der Waals surface area contributed by atoms with E-state index in [2.05, 4.69) is 4.90 Å². The molecule has 1 aliphatic rings. The van der Waals surface area contributed by atoms with E-state index in [1.807, 2.05) is 24.3 Å². The van der Waals surface area contributed by atoms with Crippen LogP contribution in [0.15, 0.2) is 34.9 Å². The number of aliphatic hydroxyl groups excluding tert-OH is 1. The fourth-order valence-corrected chi connectivity index (χ4v) is 2.88. The summed E-state index contributed by atoms with van der Waals surface area (Å²) >= 11 is 0. The fraction of sp³-hybridized carbons (Fsp3) is 0.471. The van der Waals surface area contributed by atoms with Crippen molar-refractivity contribution in [1.29, 1.82) is 0 Å². The molecule has 112 valence electrons. The zero-order valence-electron chi connectivity index (χ0n) is 12.1. The summed E-state index contributed by atoms with van der Waals surface area (Å²) in [4.78, 5) is 14.8. The Bertz CT molecular complexity index is 615. The number of carbonyl (C=O) groups is 1. The average molecular weight is 287 g/mol. The first-order chi connectivity index (χ1) is 10.3. The van der Waals surface area contributed by atoms with E-state index in [0.717, 1.165) is 36.8 Å². The highest BCUT2D eigenvalue weighted by Gasteiger charge is 2.27. The Morgan fingerprint density at radius 2 is 2.14 bits per heavy atom. The summed E-state index contributed by atoms with van der Waals surface area (Å²) < 4.78 is 5.45. The summed E-state index contributed by atoms with van der Waals surface area (Å²) in [5, 5.41) is 9.91. The van der Waals surface area contributed by atoms with Crippen molar-refractivity contribution in [2.24, 2.45) is 0 Å². The number of carbonyl (C=O) groups excluding carboxylic acids is 1. The lowest BCUT2D eigenvalue weighted by Gasteiger charge is -2.37. The van der Waals surface area contributed by atoms with Gasteiger partial charge in [0, 0.05) is 24.6 Å². The minimum Gasteiger partial charge on any atom is -0.464 e. The molecule has 1 aromatic heterocycles. The van der Waals surface area contributed by atoms with Gasteiger partial charge in [-0.25, -0.2) is 0 Å². The molecular weight excluding hydrogens is 266 g/mol. The van der Waals surface area contributed by atoms with E-state index in [9.17, 15) is 4.79 Å². The first-order valence-corrected chi connectivity index (χ1v) is 7.64. The summed E-state index contributed by atoms with van der Waals surface area (Å²) in [5.74, 6) is 0.102. The minimum atomic E-state index is 0.102. The molecule has 3 rings (SSSR count). The van der Waals surface area contributed by atoms with Gasteiger partial charge in [0.15, 0.2) is 5.78 Å². The molecule has 0 radical (unpaired) electrons. The van der Waals surface area contributed by atoms with Crippen molar-refractivity contribution in [2.75, 3.05) is 19.7 Å². The van der Waals surface area contributed by atoms with Gasteiger partial charge in [-0.1, -0.05) is 24.6 Å². The SMILES string of the molecule is O=C(CN(CCCO)C1CCC1)c1coc2ccccc12. The number of hydrogen-bond donors (Lipinski definition) is 1. The molecule has 0 spiro atoms. The van der Waals surface area contributed by atoms with Gasteiger partial charge in [-0.3, -0.25) is 9.69 Å². The van der Waals surface area contributed by atoms with Crippen LogP contribution in [-0.2, 0) is 0 Å². The second-order valence-electron chi connectivity index (χ2n) is 5.70. The molecule has 4 heteroatoms. The maximum atomic E-state index is 12.6. The van der Waals surface area contributed by atoms with E-state index in [1.54, 1.807) is 6.26 Å². The molecule has 1 saturated carbocycles. The maximum Gasteiger partial charge on any atom is 0.180 e. The van der Waals surface area contributed by atoms with E-state index in [0.29, 0.717) is 18.2 Å². The third-order valence-electron chi connectivity index (χ3n) is 4.32. The van der Waals surface area contributed by atoms with Crippen LogP contribution in [0.4, 0.5) is 0 Å². The van der Waals surface area contributed by atoms with Crippen molar-refractivity contribution < 1.29 is 14.3 Å². The third-order valence-corrected chi connectivity index (χ3v) is 4.32. The molecule has 0 atom stereocenters. The van der Waals surface area contributed by atoms with E-state index in [4.69, 9.17) is 9.52 Å². The molecule has 0 aliphatic heterocycles. The molecule has 1 fully saturated rings. The smallest absolute Gasteiger partial charge is 0.180 e. The van der Waals surface area contributed by atoms with E-state index >= 15 is 0 Å². The van der Waals surface area contributed by atoms with Crippen LogP contribution in [0.2, 0.25) is 0 Å². The lowest BCUT2D eigenvalue weighted by Crippen LogP contribution is -2.43.